The van der Waals surface area contributed by atoms with Gasteiger partial charge in [-0.1, -0.05) is 0 Å². The van der Waals surface area contributed by atoms with Crippen LogP contribution in [0.1, 0.15) is 44.9 Å². The van der Waals surface area contributed by atoms with Gasteiger partial charge in [0.05, 0.1) is 13.1 Å². The van der Waals surface area contributed by atoms with Crippen LogP contribution in [0.2, 0.25) is 0 Å². The summed E-state index contributed by atoms with van der Waals surface area (Å²) in [5.74, 6) is 1.38. The van der Waals surface area contributed by atoms with Crippen LogP contribution in [-0.2, 0) is 9.59 Å². The zero-order valence-electron chi connectivity index (χ0n) is 12.6. The van der Waals surface area contributed by atoms with Gasteiger partial charge >= 0.3 is 5.97 Å². The van der Waals surface area contributed by atoms with E-state index in [1.807, 2.05) is 0 Å². The molecule has 0 atom stereocenters. The Bertz CT molecular complexity index is 384. The Morgan fingerprint density at radius 2 is 1.57 bits per heavy atom. The third kappa shape index (κ3) is 3.39. The van der Waals surface area contributed by atoms with Gasteiger partial charge in [-0.25, -0.2) is 0 Å². The van der Waals surface area contributed by atoms with E-state index >= 15 is 0 Å². The number of carbonyl (C=O) groups excluding carboxylic acids is 1. The first-order valence-corrected chi connectivity index (χ1v) is 8.16. The lowest BCUT2D eigenvalue weighted by Crippen LogP contribution is -2.48. The second-order valence-electron chi connectivity index (χ2n) is 7.74. The van der Waals surface area contributed by atoms with Gasteiger partial charge in [-0.3, -0.25) is 14.5 Å². The fraction of sp³-hybridized carbons (Fsp3) is 0.875. The quantitative estimate of drug-likeness (QED) is 0.744. The number of nitrogens with zero attached hydrogens (tertiary/aromatic N) is 1. The molecule has 0 aromatic rings. The molecule has 4 bridgehead atoms. The highest BCUT2D eigenvalue weighted by Crippen LogP contribution is 2.61. The Morgan fingerprint density at radius 1 is 1.05 bits per heavy atom. The van der Waals surface area contributed by atoms with E-state index in [9.17, 15) is 9.59 Å². The van der Waals surface area contributed by atoms with Gasteiger partial charge in [0.25, 0.3) is 0 Å². The molecule has 3 N–H and O–H groups in total. The van der Waals surface area contributed by atoms with E-state index in [1.54, 1.807) is 4.90 Å². The average molecular weight is 294 g/mol. The fourth-order valence-corrected chi connectivity index (χ4v) is 5.62. The lowest BCUT2D eigenvalue weighted by molar-refractivity contribution is -0.139. The molecule has 5 nitrogen and oxygen atoms in total. The molecule has 4 rings (SSSR count). The van der Waals surface area contributed by atoms with Crippen molar-refractivity contribution in [2.75, 3.05) is 19.6 Å². The minimum atomic E-state index is -0.887. The molecule has 0 aliphatic heterocycles. The van der Waals surface area contributed by atoms with Crippen molar-refractivity contribution in [2.24, 2.45) is 28.9 Å². The molecule has 4 aliphatic rings. The van der Waals surface area contributed by atoms with E-state index in [2.05, 4.69) is 0 Å². The number of nitrogens with two attached hydrogens (primary N) is 1. The summed E-state index contributed by atoms with van der Waals surface area (Å²) < 4.78 is 0. The van der Waals surface area contributed by atoms with Gasteiger partial charge < -0.3 is 10.8 Å². The minimum absolute atomic E-state index is 0.0542. The SMILES string of the molecule is NC(=O)CN(CCC12CC3CC(CC(C3)C1)C2)CC(=O)O. The summed E-state index contributed by atoms with van der Waals surface area (Å²) in [5, 5.41) is 8.96. The number of amides is 1. The molecule has 4 fully saturated rings. The highest BCUT2D eigenvalue weighted by Gasteiger charge is 2.50. The van der Waals surface area contributed by atoms with Crippen molar-refractivity contribution in [1.82, 2.24) is 4.90 Å². The number of hydrogen-bond donors (Lipinski definition) is 2. The fourth-order valence-electron chi connectivity index (χ4n) is 5.62. The van der Waals surface area contributed by atoms with Gasteiger partial charge in [-0.05, 0) is 74.7 Å². The summed E-state index contributed by atoms with van der Waals surface area (Å²) in [6.07, 6.45) is 9.22. The molecule has 0 aromatic heterocycles. The van der Waals surface area contributed by atoms with Gasteiger partial charge in [-0.2, -0.15) is 0 Å². The van der Waals surface area contributed by atoms with Crippen LogP contribution < -0.4 is 5.73 Å². The molecule has 0 radical (unpaired) electrons. The third-order valence-electron chi connectivity index (χ3n) is 5.86. The predicted octanol–water partition coefficient (Wildman–Crippen LogP) is 1.46. The van der Waals surface area contributed by atoms with E-state index in [-0.39, 0.29) is 13.1 Å². The first-order chi connectivity index (χ1) is 9.94. The van der Waals surface area contributed by atoms with Crippen molar-refractivity contribution in [3.63, 3.8) is 0 Å². The number of hydrogen-bond acceptors (Lipinski definition) is 3. The van der Waals surface area contributed by atoms with Crippen molar-refractivity contribution in [2.45, 2.75) is 44.9 Å². The summed E-state index contributed by atoms with van der Waals surface area (Å²) in [7, 11) is 0. The maximum Gasteiger partial charge on any atom is 0.317 e. The van der Waals surface area contributed by atoms with Crippen LogP contribution in [-0.4, -0.2) is 41.5 Å². The first-order valence-electron chi connectivity index (χ1n) is 8.16. The summed E-state index contributed by atoms with van der Waals surface area (Å²) >= 11 is 0. The van der Waals surface area contributed by atoms with Crippen molar-refractivity contribution in [1.29, 1.82) is 0 Å². The Morgan fingerprint density at radius 3 is 2.00 bits per heavy atom. The van der Waals surface area contributed by atoms with E-state index in [0.717, 1.165) is 24.2 Å². The van der Waals surface area contributed by atoms with Crippen LogP contribution in [0.5, 0.6) is 0 Å². The normalized spacial score (nSPS) is 37.1. The second-order valence-corrected chi connectivity index (χ2v) is 7.74. The molecule has 0 unspecified atom stereocenters. The van der Waals surface area contributed by atoms with Crippen LogP contribution in [0.15, 0.2) is 0 Å². The van der Waals surface area contributed by atoms with Crippen LogP contribution in [0.25, 0.3) is 0 Å². The third-order valence-corrected chi connectivity index (χ3v) is 5.86. The molecular weight excluding hydrogens is 268 g/mol. The predicted molar refractivity (Wildman–Crippen MR) is 78.5 cm³/mol. The van der Waals surface area contributed by atoms with E-state index in [4.69, 9.17) is 10.8 Å². The summed E-state index contributed by atoms with van der Waals surface area (Å²) in [5.41, 5.74) is 5.65. The first kappa shape index (κ1) is 14.8. The van der Waals surface area contributed by atoms with Crippen molar-refractivity contribution in [3.8, 4) is 0 Å². The van der Waals surface area contributed by atoms with Crippen LogP contribution >= 0.6 is 0 Å². The van der Waals surface area contributed by atoms with Crippen molar-refractivity contribution < 1.29 is 14.7 Å². The highest BCUT2D eigenvalue weighted by molar-refractivity contribution is 5.77. The van der Waals surface area contributed by atoms with Gasteiger partial charge in [0.2, 0.25) is 5.91 Å². The monoisotopic (exact) mass is 294 g/mol. The Hall–Kier alpha value is -1.10. The molecule has 0 saturated heterocycles. The lowest BCUT2D eigenvalue weighted by atomic mass is 9.49. The number of carbonyl (C=O) groups is 2. The standard InChI is InChI=1S/C16H26N2O3/c17-14(19)9-18(10-15(20)21)2-1-16-6-11-3-12(7-16)5-13(4-11)8-16/h11-13H,1-10H2,(H2,17,19)(H,20,21). The minimum Gasteiger partial charge on any atom is -0.480 e. The molecule has 4 saturated carbocycles. The number of rotatable bonds is 7. The summed E-state index contributed by atoms with van der Waals surface area (Å²) in [6, 6.07) is 0. The number of primary amides is 1. The molecule has 21 heavy (non-hydrogen) atoms. The van der Waals surface area contributed by atoms with Crippen molar-refractivity contribution >= 4 is 11.9 Å². The Balaban J connectivity index is 1.60. The summed E-state index contributed by atoms with van der Waals surface area (Å²) in [4.78, 5) is 23.7. The largest absolute Gasteiger partial charge is 0.480 e. The maximum atomic E-state index is 11.1. The van der Waals surface area contributed by atoms with Crippen molar-refractivity contribution in [3.05, 3.63) is 0 Å². The summed E-state index contributed by atoms with van der Waals surface area (Å²) in [6.45, 7) is 0.648. The van der Waals surface area contributed by atoms with Crippen LogP contribution in [0, 0.1) is 23.2 Å². The lowest BCUT2D eigenvalue weighted by Gasteiger charge is -2.57. The highest BCUT2D eigenvalue weighted by atomic mass is 16.4. The molecule has 118 valence electrons. The van der Waals surface area contributed by atoms with Gasteiger partial charge in [0.1, 0.15) is 0 Å². The van der Waals surface area contributed by atoms with Crippen LogP contribution in [0.4, 0.5) is 0 Å². The maximum absolute atomic E-state index is 11.1. The molecule has 4 aliphatic carbocycles. The molecule has 5 heteroatoms. The number of carboxylic acids is 1. The smallest absolute Gasteiger partial charge is 0.317 e. The van der Waals surface area contributed by atoms with Gasteiger partial charge in [0.15, 0.2) is 0 Å². The molecule has 1 amide bonds. The zero-order chi connectivity index (χ0) is 15.0. The topological polar surface area (TPSA) is 83.6 Å². The number of carboxylic acid groups (broad SMARTS) is 1. The Labute approximate surface area is 125 Å². The second kappa shape index (κ2) is 5.59. The van der Waals surface area contributed by atoms with Gasteiger partial charge in [-0.15, -0.1) is 0 Å². The molecule has 0 spiro atoms. The zero-order valence-corrected chi connectivity index (χ0v) is 12.6. The molecule has 0 aromatic carbocycles. The average Bonchev–Trinajstić information content (AvgIpc) is 2.33. The Kier molecular flexibility index (Phi) is 3.95. The molecular formula is C16H26N2O3. The molecule has 0 heterocycles. The van der Waals surface area contributed by atoms with E-state index in [1.165, 1.54) is 38.5 Å². The van der Waals surface area contributed by atoms with Crippen LogP contribution in [0.3, 0.4) is 0 Å². The van der Waals surface area contributed by atoms with Gasteiger partial charge in [0, 0.05) is 0 Å². The van der Waals surface area contributed by atoms with E-state index < -0.39 is 11.9 Å². The van der Waals surface area contributed by atoms with E-state index in [0.29, 0.717) is 12.0 Å². The number of aliphatic carboxylic acids is 1.